The van der Waals surface area contributed by atoms with E-state index >= 15 is 0 Å². The first kappa shape index (κ1) is 20.0. The molecule has 0 aliphatic rings. The van der Waals surface area contributed by atoms with Crippen LogP contribution in [-0.4, -0.2) is 31.0 Å². The first-order valence-electron chi connectivity index (χ1n) is 5.71. The van der Waals surface area contributed by atoms with E-state index in [1.165, 1.54) is 26.0 Å². The summed E-state index contributed by atoms with van der Waals surface area (Å²) in [7, 11) is 2.97. The van der Waals surface area contributed by atoms with Crippen LogP contribution in [0.25, 0.3) is 0 Å². The molecule has 0 bridgehead atoms. The van der Waals surface area contributed by atoms with Gasteiger partial charge in [-0.05, 0) is 23.1 Å². The minimum atomic E-state index is -2.13. The molecule has 4 nitrogen and oxygen atoms in total. The molecule has 114 valence electrons. The predicted octanol–water partition coefficient (Wildman–Crippen LogP) is 4.00. The summed E-state index contributed by atoms with van der Waals surface area (Å²) in [5.41, 5.74) is -1.26. The van der Waals surface area contributed by atoms with Gasteiger partial charge in [0.05, 0.1) is 0 Å². The van der Waals surface area contributed by atoms with Crippen LogP contribution in [0.15, 0.2) is 30.3 Å². The minimum Gasteiger partial charge on any atom is -0.480 e. The Balaban J connectivity index is 0.000000441. The molecule has 0 saturated carbocycles. The molecule has 0 saturated heterocycles. The maximum atomic E-state index is 10.9. The molecule has 1 atom stereocenters. The number of hydrogen-bond acceptors (Lipinski definition) is 5. The van der Waals surface area contributed by atoms with Gasteiger partial charge in [-0.1, -0.05) is 49.5 Å². The van der Waals surface area contributed by atoms with Crippen LogP contribution in [0, 0.1) is 0 Å². The maximum absolute atomic E-state index is 10.9. The fraction of sp³-hybridized carbons (Fsp3) is 0.417. The molecular weight excluding hydrogens is 335 g/mol. The summed E-state index contributed by atoms with van der Waals surface area (Å²) in [6.45, 7) is 1.96. The summed E-state index contributed by atoms with van der Waals surface area (Å²) in [4.78, 5) is 10.9. The molecule has 0 amide bonds. The highest BCUT2D eigenvalue weighted by molar-refractivity contribution is 8.60. The molecule has 0 aromatic heterocycles. The number of hydrogen-bond donors (Lipinski definition) is 2. The van der Waals surface area contributed by atoms with Crippen LogP contribution in [0.1, 0.15) is 17.7 Å². The Hall–Kier alpha value is -0.0400. The van der Waals surface area contributed by atoms with E-state index in [4.69, 9.17) is 5.11 Å². The van der Waals surface area contributed by atoms with E-state index in [2.05, 4.69) is 33.1 Å². The SMILES string of the molecule is CCSC(C(=O)O)c1ccccc1.COP(=S)(S)OC. The lowest BCUT2D eigenvalue weighted by Crippen LogP contribution is -2.07. The molecule has 1 N–H and O–H groups in total. The summed E-state index contributed by atoms with van der Waals surface area (Å²) in [5, 5.41) is 8.51. The van der Waals surface area contributed by atoms with Crippen molar-refractivity contribution < 1.29 is 18.9 Å². The second kappa shape index (κ2) is 10.7. The highest BCUT2D eigenvalue weighted by Crippen LogP contribution is 2.51. The lowest BCUT2D eigenvalue weighted by atomic mass is 10.1. The van der Waals surface area contributed by atoms with E-state index in [1.54, 1.807) is 0 Å². The monoisotopic (exact) mass is 354 g/mol. The normalized spacial score (nSPS) is 12.2. The van der Waals surface area contributed by atoms with Gasteiger partial charge in [0.15, 0.2) is 0 Å². The van der Waals surface area contributed by atoms with E-state index in [-0.39, 0.29) is 0 Å². The lowest BCUT2D eigenvalue weighted by molar-refractivity contribution is -0.136. The van der Waals surface area contributed by atoms with Crippen LogP contribution in [0.2, 0.25) is 0 Å². The quantitative estimate of drug-likeness (QED) is 0.595. The Morgan fingerprint density at radius 3 is 2.20 bits per heavy atom. The number of rotatable bonds is 6. The van der Waals surface area contributed by atoms with Gasteiger partial charge in [-0.3, -0.25) is 4.79 Å². The van der Waals surface area contributed by atoms with Crippen LogP contribution in [-0.2, 0) is 25.6 Å². The van der Waals surface area contributed by atoms with E-state index in [9.17, 15) is 4.79 Å². The summed E-state index contributed by atoms with van der Waals surface area (Å²) in [5.74, 6) is 0.0457. The fourth-order valence-electron chi connectivity index (χ4n) is 1.18. The molecule has 0 spiro atoms. The summed E-state index contributed by atoms with van der Waals surface area (Å²) in [6, 6.07) is 9.31. The van der Waals surface area contributed by atoms with Gasteiger partial charge >= 0.3 is 5.97 Å². The average Bonchev–Trinajstić information content (AvgIpc) is 2.46. The van der Waals surface area contributed by atoms with Crippen molar-refractivity contribution in [2.24, 2.45) is 0 Å². The van der Waals surface area contributed by atoms with Gasteiger partial charge in [0.25, 0.3) is 0 Å². The van der Waals surface area contributed by atoms with Crippen molar-refractivity contribution in [3.8, 4) is 0 Å². The number of thioether (sulfide) groups is 1. The van der Waals surface area contributed by atoms with E-state index in [1.807, 2.05) is 37.3 Å². The minimum absolute atomic E-state index is 0.425. The van der Waals surface area contributed by atoms with Gasteiger partial charge < -0.3 is 14.2 Å². The molecule has 20 heavy (non-hydrogen) atoms. The average molecular weight is 354 g/mol. The zero-order valence-electron chi connectivity index (χ0n) is 11.6. The van der Waals surface area contributed by atoms with Gasteiger partial charge in [-0.25, -0.2) is 0 Å². The van der Waals surface area contributed by atoms with Gasteiger partial charge in [0.2, 0.25) is 5.69 Å². The van der Waals surface area contributed by atoms with E-state index in [0.29, 0.717) is 0 Å². The van der Waals surface area contributed by atoms with E-state index in [0.717, 1.165) is 11.3 Å². The highest BCUT2D eigenvalue weighted by atomic mass is 32.9. The van der Waals surface area contributed by atoms with Gasteiger partial charge in [-0.15, -0.1) is 11.8 Å². The van der Waals surface area contributed by atoms with Crippen molar-refractivity contribution in [3.63, 3.8) is 0 Å². The highest BCUT2D eigenvalue weighted by Gasteiger charge is 2.18. The second-order valence-electron chi connectivity index (χ2n) is 3.42. The molecule has 0 fully saturated rings. The third-order valence-electron chi connectivity index (χ3n) is 2.12. The molecule has 1 aromatic rings. The topological polar surface area (TPSA) is 55.8 Å². The smallest absolute Gasteiger partial charge is 0.321 e. The molecule has 0 aliphatic heterocycles. The summed E-state index contributed by atoms with van der Waals surface area (Å²) in [6.07, 6.45) is 0. The van der Waals surface area contributed by atoms with Crippen LogP contribution >= 0.6 is 29.7 Å². The van der Waals surface area contributed by atoms with Crippen LogP contribution in [0.4, 0.5) is 0 Å². The molecule has 1 rings (SSSR count). The molecule has 1 unspecified atom stereocenters. The van der Waals surface area contributed by atoms with Crippen LogP contribution in [0.5, 0.6) is 0 Å². The molecule has 0 aliphatic carbocycles. The number of carboxylic acids is 1. The molecule has 0 radical (unpaired) electrons. The Kier molecular flexibility index (Phi) is 10.6. The van der Waals surface area contributed by atoms with Crippen molar-refractivity contribution in [2.75, 3.05) is 20.0 Å². The number of carbonyl (C=O) groups is 1. The van der Waals surface area contributed by atoms with Crippen molar-refractivity contribution in [1.29, 1.82) is 0 Å². The third kappa shape index (κ3) is 8.29. The maximum Gasteiger partial charge on any atom is 0.321 e. The predicted molar refractivity (Wildman–Crippen MR) is 92.2 cm³/mol. The zero-order chi connectivity index (χ0) is 15.6. The largest absolute Gasteiger partial charge is 0.480 e. The first-order valence-corrected chi connectivity index (χ1v) is 10.6. The van der Waals surface area contributed by atoms with Crippen molar-refractivity contribution >= 4 is 47.5 Å². The summed E-state index contributed by atoms with van der Waals surface area (Å²) >= 11 is 9.98. The molecule has 1 aromatic carbocycles. The number of carboxylic acid groups (broad SMARTS) is 1. The Bertz CT molecular complexity index is 434. The fourth-order valence-corrected chi connectivity index (χ4v) is 2.15. The van der Waals surface area contributed by atoms with Crippen molar-refractivity contribution in [2.45, 2.75) is 12.2 Å². The lowest BCUT2D eigenvalue weighted by Gasteiger charge is -2.10. The second-order valence-corrected chi connectivity index (χ2v) is 10.3. The van der Waals surface area contributed by atoms with Gasteiger partial charge in [0, 0.05) is 14.2 Å². The van der Waals surface area contributed by atoms with Crippen LogP contribution < -0.4 is 0 Å². The Morgan fingerprint density at radius 2 is 1.90 bits per heavy atom. The number of thiol groups is 1. The molecule has 8 heteroatoms. The Labute approximate surface area is 134 Å². The number of aliphatic carboxylic acids is 1. The van der Waals surface area contributed by atoms with Crippen LogP contribution in [0.3, 0.4) is 0 Å². The van der Waals surface area contributed by atoms with Gasteiger partial charge in [-0.2, -0.15) is 0 Å². The molecular formula is C12H19O4PS3. The van der Waals surface area contributed by atoms with Crippen molar-refractivity contribution in [1.82, 2.24) is 0 Å². The number of benzene rings is 1. The third-order valence-corrected chi connectivity index (χ3v) is 6.06. The van der Waals surface area contributed by atoms with Gasteiger partial charge in [0.1, 0.15) is 5.25 Å². The standard InChI is InChI=1S/C10H12O2S.C2H7O2PS2/c1-2-13-9(10(11)12)8-6-4-3-5-7-8;1-3-5(6,7)4-2/h3-7,9H,2H2,1H3,(H,11,12);1-2H3,(H,6,7). The van der Waals surface area contributed by atoms with E-state index < -0.39 is 16.9 Å². The summed E-state index contributed by atoms with van der Waals surface area (Å²) < 4.78 is 9.31. The zero-order valence-corrected chi connectivity index (χ0v) is 15.0. The Morgan fingerprint density at radius 1 is 1.40 bits per heavy atom. The van der Waals surface area contributed by atoms with Crippen molar-refractivity contribution in [3.05, 3.63) is 35.9 Å². The first-order chi connectivity index (χ1) is 9.37. The molecule has 0 heterocycles.